The number of hydrogen-bond donors (Lipinski definition) is 1. The lowest BCUT2D eigenvalue weighted by Gasteiger charge is -2.03. The molecule has 2 aromatic rings. The lowest BCUT2D eigenvalue weighted by molar-refractivity contribution is -0.132. The Hall–Kier alpha value is -2.09. The quantitative estimate of drug-likeness (QED) is 0.794. The molecule has 0 aliphatic rings. The van der Waals surface area contributed by atoms with Gasteiger partial charge in [0.25, 0.3) is 0 Å². The van der Waals surface area contributed by atoms with E-state index in [2.05, 4.69) is 6.58 Å². The van der Waals surface area contributed by atoms with Crippen LogP contribution in [0.5, 0.6) is 0 Å². The van der Waals surface area contributed by atoms with Gasteiger partial charge in [0.2, 0.25) is 0 Å². The van der Waals surface area contributed by atoms with Gasteiger partial charge in [-0.25, -0.2) is 4.79 Å². The van der Waals surface area contributed by atoms with Gasteiger partial charge in [0.15, 0.2) is 0 Å². The lowest BCUT2D eigenvalue weighted by Crippen LogP contribution is -2.01. The molecule has 0 saturated carbocycles. The van der Waals surface area contributed by atoms with Crippen molar-refractivity contribution in [1.82, 2.24) is 0 Å². The van der Waals surface area contributed by atoms with Gasteiger partial charge in [0.05, 0.1) is 0 Å². The van der Waals surface area contributed by atoms with Crippen molar-refractivity contribution in [3.05, 3.63) is 60.2 Å². The Kier molecular flexibility index (Phi) is 2.73. The van der Waals surface area contributed by atoms with Crippen LogP contribution in [0.1, 0.15) is 5.56 Å². The molecular formula is C14H12O2. The summed E-state index contributed by atoms with van der Waals surface area (Å²) in [7, 11) is 0. The first-order chi connectivity index (χ1) is 7.66. The average molecular weight is 212 g/mol. The van der Waals surface area contributed by atoms with E-state index in [4.69, 9.17) is 5.11 Å². The van der Waals surface area contributed by atoms with Gasteiger partial charge in [0, 0.05) is 12.0 Å². The fraction of sp³-hybridized carbons (Fsp3) is 0.0714. The molecule has 1 N–H and O–H groups in total. The molecule has 0 amide bonds. The van der Waals surface area contributed by atoms with Gasteiger partial charge in [-0.2, -0.15) is 0 Å². The Morgan fingerprint density at radius 1 is 1.12 bits per heavy atom. The van der Waals surface area contributed by atoms with E-state index in [1.54, 1.807) is 0 Å². The monoisotopic (exact) mass is 212 g/mol. The number of carboxylic acids is 1. The van der Waals surface area contributed by atoms with Crippen LogP contribution in [-0.2, 0) is 11.2 Å². The molecule has 0 heterocycles. The maximum absolute atomic E-state index is 10.7. The van der Waals surface area contributed by atoms with Crippen molar-refractivity contribution in [2.45, 2.75) is 6.42 Å². The Labute approximate surface area is 93.8 Å². The van der Waals surface area contributed by atoms with E-state index in [1.165, 1.54) is 0 Å². The Balaban J connectivity index is 2.33. The van der Waals surface area contributed by atoms with Crippen LogP contribution in [-0.4, -0.2) is 11.1 Å². The zero-order chi connectivity index (χ0) is 11.5. The van der Waals surface area contributed by atoms with E-state index >= 15 is 0 Å². The third kappa shape index (κ3) is 2.11. The Morgan fingerprint density at radius 2 is 1.81 bits per heavy atom. The number of rotatable bonds is 3. The molecule has 0 atom stereocenters. The minimum atomic E-state index is -0.937. The van der Waals surface area contributed by atoms with Crippen LogP contribution in [0, 0.1) is 0 Å². The van der Waals surface area contributed by atoms with Crippen LogP contribution in [0.4, 0.5) is 0 Å². The highest BCUT2D eigenvalue weighted by molar-refractivity contribution is 5.87. The summed E-state index contributed by atoms with van der Waals surface area (Å²) >= 11 is 0. The molecule has 0 aliphatic carbocycles. The number of aliphatic carboxylic acids is 1. The summed E-state index contributed by atoms with van der Waals surface area (Å²) in [6.45, 7) is 3.53. The summed E-state index contributed by atoms with van der Waals surface area (Å²) < 4.78 is 0. The molecule has 0 unspecified atom stereocenters. The van der Waals surface area contributed by atoms with Crippen LogP contribution in [0.15, 0.2) is 54.6 Å². The first-order valence-corrected chi connectivity index (χ1v) is 5.05. The van der Waals surface area contributed by atoms with E-state index in [-0.39, 0.29) is 5.57 Å². The summed E-state index contributed by atoms with van der Waals surface area (Å²) in [5.41, 5.74) is 1.20. The third-order valence-corrected chi connectivity index (χ3v) is 2.53. The van der Waals surface area contributed by atoms with Gasteiger partial charge >= 0.3 is 5.97 Å². The van der Waals surface area contributed by atoms with E-state index in [9.17, 15) is 4.79 Å². The Morgan fingerprint density at radius 3 is 2.50 bits per heavy atom. The van der Waals surface area contributed by atoms with Crippen molar-refractivity contribution in [1.29, 1.82) is 0 Å². The predicted octanol–water partition coefficient (Wildman–Crippen LogP) is 3.02. The summed E-state index contributed by atoms with van der Waals surface area (Å²) in [6, 6.07) is 13.9. The van der Waals surface area contributed by atoms with Gasteiger partial charge < -0.3 is 5.11 Å². The SMILES string of the molecule is C=C(Cc1ccc2ccccc2c1)C(=O)O. The average Bonchev–Trinajstić information content (AvgIpc) is 2.28. The number of hydrogen-bond acceptors (Lipinski definition) is 1. The number of carboxylic acid groups (broad SMARTS) is 1. The molecule has 0 radical (unpaired) electrons. The molecule has 0 fully saturated rings. The first kappa shape index (κ1) is 10.4. The van der Waals surface area contributed by atoms with Gasteiger partial charge in [0.1, 0.15) is 0 Å². The van der Waals surface area contributed by atoms with E-state index in [1.807, 2.05) is 42.5 Å². The topological polar surface area (TPSA) is 37.3 Å². The van der Waals surface area contributed by atoms with Crippen LogP contribution in [0.3, 0.4) is 0 Å². The first-order valence-electron chi connectivity index (χ1n) is 5.05. The van der Waals surface area contributed by atoms with Gasteiger partial charge in [-0.3, -0.25) is 0 Å². The smallest absolute Gasteiger partial charge is 0.331 e. The van der Waals surface area contributed by atoms with E-state index < -0.39 is 5.97 Å². The minimum Gasteiger partial charge on any atom is -0.478 e. The highest BCUT2D eigenvalue weighted by Gasteiger charge is 2.05. The van der Waals surface area contributed by atoms with Crippen molar-refractivity contribution < 1.29 is 9.90 Å². The maximum Gasteiger partial charge on any atom is 0.331 e. The molecule has 0 saturated heterocycles. The summed E-state index contributed by atoms with van der Waals surface area (Å²) in [5.74, 6) is -0.937. The van der Waals surface area contributed by atoms with Crippen molar-refractivity contribution in [3.63, 3.8) is 0 Å². The molecule has 16 heavy (non-hydrogen) atoms. The predicted molar refractivity (Wildman–Crippen MR) is 64.4 cm³/mol. The van der Waals surface area contributed by atoms with Crippen LogP contribution >= 0.6 is 0 Å². The van der Waals surface area contributed by atoms with Gasteiger partial charge in [-0.05, 0) is 16.3 Å². The standard InChI is InChI=1S/C14H12O2/c1-10(14(15)16)8-11-6-7-12-4-2-3-5-13(12)9-11/h2-7,9H,1,8H2,(H,15,16). The van der Waals surface area contributed by atoms with Gasteiger partial charge in [-0.1, -0.05) is 49.0 Å². The van der Waals surface area contributed by atoms with Gasteiger partial charge in [-0.15, -0.1) is 0 Å². The van der Waals surface area contributed by atoms with E-state index in [0.29, 0.717) is 6.42 Å². The van der Waals surface area contributed by atoms with Crippen molar-refractivity contribution in [2.24, 2.45) is 0 Å². The second-order valence-electron chi connectivity index (χ2n) is 3.77. The van der Waals surface area contributed by atoms with E-state index in [0.717, 1.165) is 16.3 Å². The van der Waals surface area contributed by atoms with Crippen molar-refractivity contribution >= 4 is 16.7 Å². The molecule has 2 aromatic carbocycles. The summed E-state index contributed by atoms with van der Waals surface area (Å²) in [6.07, 6.45) is 0.389. The minimum absolute atomic E-state index is 0.218. The molecule has 0 bridgehead atoms. The van der Waals surface area contributed by atoms with Crippen molar-refractivity contribution in [2.75, 3.05) is 0 Å². The highest BCUT2D eigenvalue weighted by Crippen LogP contribution is 2.17. The molecule has 0 aliphatic heterocycles. The molecule has 2 heteroatoms. The molecular weight excluding hydrogens is 200 g/mol. The van der Waals surface area contributed by atoms with Crippen LogP contribution < -0.4 is 0 Å². The summed E-state index contributed by atoms with van der Waals surface area (Å²) in [5, 5.41) is 11.0. The number of carbonyl (C=O) groups is 1. The van der Waals surface area contributed by atoms with Crippen LogP contribution in [0.25, 0.3) is 10.8 Å². The Bertz CT molecular complexity index is 555. The number of fused-ring (bicyclic) bond motifs is 1. The fourth-order valence-electron chi connectivity index (χ4n) is 1.67. The molecule has 80 valence electrons. The normalized spacial score (nSPS) is 10.2. The second-order valence-corrected chi connectivity index (χ2v) is 3.77. The molecule has 0 aromatic heterocycles. The maximum atomic E-state index is 10.7. The molecule has 2 rings (SSSR count). The molecule has 0 spiro atoms. The summed E-state index contributed by atoms with van der Waals surface area (Å²) in [4.78, 5) is 10.7. The lowest BCUT2D eigenvalue weighted by atomic mass is 10.0. The highest BCUT2D eigenvalue weighted by atomic mass is 16.4. The molecule has 2 nitrogen and oxygen atoms in total. The second kappa shape index (κ2) is 4.19. The zero-order valence-electron chi connectivity index (χ0n) is 8.81. The third-order valence-electron chi connectivity index (χ3n) is 2.53. The number of benzene rings is 2. The zero-order valence-corrected chi connectivity index (χ0v) is 8.81. The van der Waals surface area contributed by atoms with Crippen molar-refractivity contribution in [3.8, 4) is 0 Å². The fourth-order valence-corrected chi connectivity index (χ4v) is 1.67. The van der Waals surface area contributed by atoms with Crippen LogP contribution in [0.2, 0.25) is 0 Å². The largest absolute Gasteiger partial charge is 0.478 e.